The van der Waals surface area contributed by atoms with E-state index in [1.165, 1.54) is 29.4 Å². The first-order valence-electron chi connectivity index (χ1n) is 17.2. The first-order valence-corrected chi connectivity index (χ1v) is 17.6. The molecule has 0 bridgehead atoms. The first-order chi connectivity index (χ1) is 25.2. The van der Waals surface area contributed by atoms with E-state index in [1.807, 2.05) is 20.8 Å². The molecule has 2 aliphatic rings. The number of carbonyl (C=O) groups excluding carboxylic acids is 2. The number of halogens is 5. The number of carbonyl (C=O) groups is 2. The molecule has 0 saturated heterocycles. The number of alkyl halides is 4. The lowest BCUT2D eigenvalue weighted by Gasteiger charge is -2.35. The minimum absolute atomic E-state index is 0.0518. The predicted octanol–water partition coefficient (Wildman–Crippen LogP) is 7.71. The Morgan fingerprint density at radius 3 is 2.42 bits per heavy atom. The minimum atomic E-state index is -2.97. The van der Waals surface area contributed by atoms with Gasteiger partial charge in [0, 0.05) is 17.8 Å². The summed E-state index contributed by atoms with van der Waals surface area (Å²) in [5.41, 5.74) is 6.56. The van der Waals surface area contributed by atoms with Crippen LogP contribution in [-0.4, -0.2) is 60.1 Å². The number of amides is 2. The van der Waals surface area contributed by atoms with Gasteiger partial charge in [0.1, 0.15) is 12.9 Å². The van der Waals surface area contributed by atoms with Crippen LogP contribution in [-0.2, 0) is 15.1 Å². The maximum absolute atomic E-state index is 15.0. The fraction of sp³-hybridized carbons (Fsp3) is 0.444. The number of aromatic nitrogens is 5. The molecule has 12 nitrogen and oxygen atoms in total. The fourth-order valence-corrected chi connectivity index (χ4v) is 7.22. The van der Waals surface area contributed by atoms with Crippen LogP contribution in [0.4, 0.5) is 22.4 Å². The molecule has 1 fully saturated rings. The lowest BCUT2D eigenvalue weighted by Crippen LogP contribution is -2.48. The molecule has 4 aromatic rings. The summed E-state index contributed by atoms with van der Waals surface area (Å²) in [5.74, 6) is -1.32. The van der Waals surface area contributed by atoms with Gasteiger partial charge in [-0.1, -0.05) is 82.0 Å². The van der Waals surface area contributed by atoms with E-state index >= 15 is 0 Å². The smallest absolute Gasteiger partial charge is 0.407 e. The third-order valence-electron chi connectivity index (χ3n) is 9.37. The monoisotopic (exact) mass is 757 g/mol. The highest BCUT2D eigenvalue weighted by Gasteiger charge is 2.53. The Bertz CT molecular complexity index is 1970. The highest BCUT2D eigenvalue weighted by molar-refractivity contribution is 6.32. The molecule has 53 heavy (non-hydrogen) atoms. The number of rotatable bonds is 11. The molecule has 2 aromatic heterocycles. The molecule has 0 radical (unpaired) electrons. The van der Waals surface area contributed by atoms with E-state index < -0.39 is 47.8 Å². The molecule has 1 aliphatic carbocycles. The quantitative estimate of drug-likeness (QED) is 0.149. The standard InChI is InChI=1S/C36H40ClF4N9O3/c1-35(2,3)19-36(24-12-9-21(10-13-24)23-16-44-48(17-23)32(40)41)31(51)49(33(42)47-36)28(18-53-34(52)46-25-7-5-4-6-8-25)22-11-14-26(37)27(15-22)50-30(29(38)39)43-20-45-50/h9-17,20,25,28-29,32H,4-8,18-19H2,1-3H3,(H2,42,47)(H,46,52)/t28-,36-/m1/s1. The molecule has 2 aromatic carbocycles. The Labute approximate surface area is 308 Å². The van der Waals surface area contributed by atoms with Crippen LogP contribution in [0, 0.1) is 5.41 Å². The third-order valence-corrected chi connectivity index (χ3v) is 9.69. The van der Waals surface area contributed by atoms with E-state index in [0.717, 1.165) is 43.1 Å². The van der Waals surface area contributed by atoms with Crippen LogP contribution in [0.5, 0.6) is 0 Å². The van der Waals surface area contributed by atoms with Crippen LogP contribution in [0.2, 0.25) is 5.02 Å². The number of benzene rings is 2. The Hall–Kier alpha value is -4.99. The number of ether oxygens (including phenoxy) is 1. The second-order valence-electron chi connectivity index (χ2n) is 14.4. The molecule has 2 atom stereocenters. The van der Waals surface area contributed by atoms with Crippen LogP contribution in [0.25, 0.3) is 16.8 Å². The Balaban J connectivity index is 1.39. The summed E-state index contributed by atoms with van der Waals surface area (Å²) in [6.45, 7) is 2.67. The first kappa shape index (κ1) is 37.8. The van der Waals surface area contributed by atoms with Gasteiger partial charge < -0.3 is 15.8 Å². The summed E-state index contributed by atoms with van der Waals surface area (Å²) in [6.07, 6.45) is 4.77. The van der Waals surface area contributed by atoms with Crippen LogP contribution < -0.4 is 11.1 Å². The third kappa shape index (κ3) is 8.01. The van der Waals surface area contributed by atoms with Gasteiger partial charge in [-0.25, -0.2) is 32.9 Å². The van der Waals surface area contributed by atoms with Crippen molar-refractivity contribution in [3.8, 4) is 16.8 Å². The second-order valence-corrected chi connectivity index (χ2v) is 14.8. The van der Waals surface area contributed by atoms with Gasteiger partial charge in [-0.15, -0.1) is 0 Å². The number of alkyl carbamates (subject to hydrolysis) is 1. The van der Waals surface area contributed by atoms with E-state index in [9.17, 15) is 27.2 Å². The van der Waals surface area contributed by atoms with Crippen molar-refractivity contribution in [2.75, 3.05) is 6.61 Å². The number of nitrogens with one attached hydrogen (secondary N) is 1. The number of nitrogens with two attached hydrogens (primary N) is 1. The number of nitrogens with zero attached hydrogens (tertiary/aromatic N) is 7. The van der Waals surface area contributed by atoms with E-state index in [2.05, 4.69) is 20.5 Å². The van der Waals surface area contributed by atoms with Crippen molar-refractivity contribution < 1.29 is 31.9 Å². The molecule has 1 aliphatic heterocycles. The molecule has 1 saturated carbocycles. The summed E-state index contributed by atoms with van der Waals surface area (Å²) in [6, 6.07) is 10.1. The summed E-state index contributed by atoms with van der Waals surface area (Å²) < 4.78 is 61.4. The summed E-state index contributed by atoms with van der Waals surface area (Å²) in [7, 11) is 0. The van der Waals surface area contributed by atoms with Gasteiger partial charge in [0.25, 0.3) is 12.3 Å². The van der Waals surface area contributed by atoms with Gasteiger partial charge in [-0.2, -0.15) is 19.0 Å². The molecule has 282 valence electrons. The average Bonchev–Trinajstić information content (AvgIpc) is 3.85. The summed E-state index contributed by atoms with van der Waals surface area (Å²) in [5, 5.41) is 10.6. The van der Waals surface area contributed by atoms with Gasteiger partial charge in [0.05, 0.1) is 22.9 Å². The maximum atomic E-state index is 15.0. The zero-order valence-electron chi connectivity index (χ0n) is 29.4. The normalized spacial score (nSPS) is 18.9. The average molecular weight is 758 g/mol. The van der Waals surface area contributed by atoms with Crippen LogP contribution in [0.3, 0.4) is 0 Å². The molecule has 0 unspecified atom stereocenters. The largest absolute Gasteiger partial charge is 0.447 e. The van der Waals surface area contributed by atoms with E-state index in [4.69, 9.17) is 27.1 Å². The zero-order valence-corrected chi connectivity index (χ0v) is 30.1. The Morgan fingerprint density at radius 1 is 1.06 bits per heavy atom. The van der Waals surface area contributed by atoms with E-state index in [-0.39, 0.29) is 35.7 Å². The maximum Gasteiger partial charge on any atom is 0.407 e. The van der Waals surface area contributed by atoms with Gasteiger partial charge in [-0.3, -0.25) is 9.69 Å². The molecule has 17 heteroatoms. The molecule has 3 N–H and O–H groups in total. The minimum Gasteiger partial charge on any atom is -0.447 e. The van der Waals surface area contributed by atoms with Gasteiger partial charge in [-0.05, 0) is 53.5 Å². The highest BCUT2D eigenvalue weighted by atomic mass is 35.5. The van der Waals surface area contributed by atoms with Crippen LogP contribution in [0.15, 0.2) is 66.2 Å². The second kappa shape index (κ2) is 15.2. The van der Waals surface area contributed by atoms with Crippen molar-refractivity contribution in [2.24, 2.45) is 16.1 Å². The molecule has 3 heterocycles. The summed E-state index contributed by atoms with van der Waals surface area (Å²) in [4.78, 5) is 37.8. The number of hydrogen-bond donors (Lipinski definition) is 2. The Kier molecular flexibility index (Phi) is 10.8. The SMILES string of the molecule is CC(C)(C)C[C@]1(c2ccc(-c3cnn(C(F)F)c3)cc2)N=C(N)N([C@H](COC(=O)NC2CCCCC2)c2ccc(Cl)c(-n3ncnc3C(F)F)c2)C1=O. The van der Waals surface area contributed by atoms with Crippen LogP contribution in [0.1, 0.15) is 95.3 Å². The van der Waals surface area contributed by atoms with Crippen molar-refractivity contribution >= 4 is 29.6 Å². The number of guanidine groups is 1. The van der Waals surface area contributed by atoms with Crippen molar-refractivity contribution in [3.05, 3.63) is 83.2 Å². The van der Waals surface area contributed by atoms with E-state index in [0.29, 0.717) is 26.9 Å². The van der Waals surface area contributed by atoms with Crippen molar-refractivity contribution in [3.63, 3.8) is 0 Å². The Morgan fingerprint density at radius 2 is 1.77 bits per heavy atom. The fourth-order valence-electron chi connectivity index (χ4n) is 7.02. The number of aliphatic imine (C=N–C) groups is 1. The lowest BCUT2D eigenvalue weighted by molar-refractivity contribution is -0.135. The summed E-state index contributed by atoms with van der Waals surface area (Å²) >= 11 is 6.49. The lowest BCUT2D eigenvalue weighted by atomic mass is 9.75. The molecule has 6 rings (SSSR count). The number of hydrogen-bond acceptors (Lipinski definition) is 8. The van der Waals surface area contributed by atoms with Gasteiger partial charge in [0.15, 0.2) is 17.3 Å². The molecule has 0 spiro atoms. The topological polar surface area (TPSA) is 146 Å². The van der Waals surface area contributed by atoms with Crippen LogP contribution >= 0.6 is 11.6 Å². The molecular formula is C36H40ClF4N9O3. The van der Waals surface area contributed by atoms with Gasteiger partial charge in [0.2, 0.25) is 0 Å². The predicted molar refractivity (Wildman–Crippen MR) is 189 cm³/mol. The van der Waals surface area contributed by atoms with Crippen molar-refractivity contribution in [2.45, 2.75) is 89.9 Å². The van der Waals surface area contributed by atoms with Crippen molar-refractivity contribution in [1.82, 2.24) is 34.8 Å². The molecule has 2 amide bonds. The van der Waals surface area contributed by atoms with Crippen molar-refractivity contribution in [1.29, 1.82) is 0 Å². The highest BCUT2D eigenvalue weighted by Crippen LogP contribution is 2.45. The molecular weight excluding hydrogens is 718 g/mol. The van der Waals surface area contributed by atoms with E-state index in [1.54, 1.807) is 30.3 Å². The van der Waals surface area contributed by atoms with Gasteiger partial charge >= 0.3 is 12.6 Å². The zero-order chi connectivity index (χ0) is 38.1.